The maximum absolute atomic E-state index is 13.9. The van der Waals surface area contributed by atoms with Gasteiger partial charge in [0, 0.05) is 31.9 Å². The molecule has 1 aromatic carbocycles. The van der Waals surface area contributed by atoms with Crippen molar-refractivity contribution in [3.8, 4) is 11.4 Å². The van der Waals surface area contributed by atoms with Gasteiger partial charge in [0.15, 0.2) is 0 Å². The zero-order valence-electron chi connectivity index (χ0n) is 18.4. The number of aromatic nitrogens is 4. The Kier molecular flexibility index (Phi) is 5.69. The second kappa shape index (κ2) is 8.94. The molecule has 1 saturated heterocycles. The molecule has 0 spiro atoms. The Balaban J connectivity index is 1.34. The largest absolute Gasteiger partial charge is 0.332 e. The number of halogens is 1. The van der Waals surface area contributed by atoms with Crippen molar-refractivity contribution in [3.05, 3.63) is 102 Å². The highest BCUT2D eigenvalue weighted by atomic mass is 19.1. The summed E-state index contributed by atoms with van der Waals surface area (Å²) in [6.07, 6.45) is 7.31. The topological polar surface area (TPSA) is 63.9 Å². The van der Waals surface area contributed by atoms with E-state index in [0.29, 0.717) is 24.1 Å². The van der Waals surface area contributed by atoms with E-state index in [2.05, 4.69) is 9.97 Å². The molecular formula is C26H24FN5O. The highest BCUT2D eigenvalue weighted by Crippen LogP contribution is 2.33. The van der Waals surface area contributed by atoms with E-state index < -0.39 is 0 Å². The Hall–Kier alpha value is -3.87. The van der Waals surface area contributed by atoms with Gasteiger partial charge in [-0.25, -0.2) is 14.4 Å². The molecule has 0 aliphatic carbocycles. The molecule has 4 aromatic rings. The highest BCUT2D eigenvalue weighted by molar-refractivity contribution is 5.94. The fourth-order valence-electron chi connectivity index (χ4n) is 4.36. The second-order valence-corrected chi connectivity index (χ2v) is 8.30. The van der Waals surface area contributed by atoms with Gasteiger partial charge in [-0.1, -0.05) is 24.3 Å². The summed E-state index contributed by atoms with van der Waals surface area (Å²) >= 11 is 0. The van der Waals surface area contributed by atoms with Crippen molar-refractivity contribution in [3.63, 3.8) is 0 Å². The Morgan fingerprint density at radius 2 is 1.97 bits per heavy atom. The van der Waals surface area contributed by atoms with Crippen molar-refractivity contribution in [1.29, 1.82) is 0 Å². The molecule has 1 amide bonds. The van der Waals surface area contributed by atoms with Gasteiger partial charge in [-0.2, -0.15) is 0 Å². The van der Waals surface area contributed by atoms with Crippen LogP contribution in [-0.4, -0.2) is 36.9 Å². The van der Waals surface area contributed by atoms with Crippen molar-refractivity contribution >= 4 is 5.91 Å². The van der Waals surface area contributed by atoms with Crippen LogP contribution in [0, 0.1) is 5.82 Å². The van der Waals surface area contributed by atoms with Gasteiger partial charge in [0.2, 0.25) is 0 Å². The number of nitrogens with zero attached hydrogens (tertiary/aromatic N) is 5. The minimum atomic E-state index is -0.250. The monoisotopic (exact) mass is 441 g/mol. The van der Waals surface area contributed by atoms with Crippen LogP contribution in [0.1, 0.15) is 46.2 Å². The van der Waals surface area contributed by atoms with Crippen LogP contribution in [-0.2, 0) is 13.5 Å². The van der Waals surface area contributed by atoms with Crippen LogP contribution >= 0.6 is 0 Å². The van der Waals surface area contributed by atoms with Crippen LogP contribution in [0.25, 0.3) is 11.4 Å². The molecule has 1 fully saturated rings. The third-order valence-electron chi connectivity index (χ3n) is 6.11. The summed E-state index contributed by atoms with van der Waals surface area (Å²) in [6, 6.07) is 16.1. The minimum absolute atomic E-state index is 0.0600. The number of hydrogen-bond acceptors (Lipinski definition) is 4. The van der Waals surface area contributed by atoms with Gasteiger partial charge in [0.25, 0.3) is 5.91 Å². The lowest BCUT2D eigenvalue weighted by molar-refractivity contribution is 0.0732. The first-order chi connectivity index (χ1) is 16.1. The van der Waals surface area contributed by atoms with Crippen molar-refractivity contribution < 1.29 is 9.18 Å². The van der Waals surface area contributed by atoms with Gasteiger partial charge >= 0.3 is 0 Å². The fraction of sp³-hybridized carbons (Fsp3) is 0.231. The first kappa shape index (κ1) is 21.0. The molecule has 4 heterocycles. The average molecular weight is 442 g/mol. The number of likely N-dealkylation sites (tertiary alicyclic amines) is 1. The van der Waals surface area contributed by atoms with Gasteiger partial charge in [-0.3, -0.25) is 9.78 Å². The summed E-state index contributed by atoms with van der Waals surface area (Å²) in [6.45, 7) is 0.679. The third-order valence-corrected chi connectivity index (χ3v) is 6.11. The number of imidazole rings is 1. The number of hydrogen-bond donors (Lipinski definition) is 0. The van der Waals surface area contributed by atoms with Crippen LogP contribution in [0.4, 0.5) is 4.39 Å². The molecule has 1 atom stereocenters. The third kappa shape index (κ3) is 4.26. The number of benzene rings is 1. The van der Waals surface area contributed by atoms with E-state index in [1.165, 1.54) is 6.07 Å². The Morgan fingerprint density at radius 1 is 1.09 bits per heavy atom. The lowest BCUT2D eigenvalue weighted by Gasteiger charge is -2.24. The molecule has 7 heteroatoms. The summed E-state index contributed by atoms with van der Waals surface area (Å²) in [5.74, 6) is -0.310. The molecule has 1 aliphatic heterocycles. The normalized spacial score (nSPS) is 15.7. The Labute approximate surface area is 191 Å². The van der Waals surface area contributed by atoms with E-state index in [1.54, 1.807) is 49.1 Å². The SMILES string of the molecule is Cn1cncc1-c1cccc([C@H]2CCCN2C(=O)c2ccc(Cc3ccccc3F)nc2)n1. The van der Waals surface area contributed by atoms with Gasteiger partial charge in [-0.15, -0.1) is 0 Å². The summed E-state index contributed by atoms with van der Waals surface area (Å²) in [7, 11) is 1.94. The molecule has 6 nitrogen and oxygen atoms in total. The first-order valence-electron chi connectivity index (χ1n) is 11.0. The number of carbonyl (C=O) groups is 1. The quantitative estimate of drug-likeness (QED) is 0.455. The van der Waals surface area contributed by atoms with E-state index in [9.17, 15) is 9.18 Å². The number of amides is 1. The minimum Gasteiger partial charge on any atom is -0.332 e. The van der Waals surface area contributed by atoms with Gasteiger partial charge in [0.05, 0.1) is 41.2 Å². The van der Waals surface area contributed by atoms with Crippen molar-refractivity contribution in [2.75, 3.05) is 6.54 Å². The zero-order chi connectivity index (χ0) is 22.8. The molecule has 166 valence electrons. The lowest BCUT2D eigenvalue weighted by Crippen LogP contribution is -2.31. The molecule has 5 rings (SSSR count). The summed E-state index contributed by atoms with van der Waals surface area (Å²) in [4.78, 5) is 28.6. The number of aryl methyl sites for hydroxylation is 1. The molecular weight excluding hydrogens is 417 g/mol. The molecule has 0 radical (unpaired) electrons. The standard InChI is InChI=1S/C26H24FN5O/c1-31-17-28-16-25(31)23-9-4-8-22(30-23)24-10-5-13-32(24)26(33)19-11-12-20(29-15-19)14-18-6-2-3-7-21(18)27/h2-4,6-9,11-12,15-17,24H,5,10,13-14H2,1H3/t24-/m1/s1. The van der Waals surface area contributed by atoms with Crippen molar-refractivity contribution in [2.24, 2.45) is 7.05 Å². The Morgan fingerprint density at radius 3 is 2.73 bits per heavy atom. The molecule has 0 unspecified atom stereocenters. The predicted molar refractivity (Wildman–Crippen MR) is 123 cm³/mol. The fourth-order valence-corrected chi connectivity index (χ4v) is 4.36. The number of pyridine rings is 2. The van der Waals surface area contributed by atoms with Crippen LogP contribution < -0.4 is 0 Å². The number of carbonyl (C=O) groups excluding carboxylic acids is 1. The molecule has 3 aromatic heterocycles. The van der Waals surface area contributed by atoms with Crippen LogP contribution in [0.15, 0.2) is 73.3 Å². The summed E-state index contributed by atoms with van der Waals surface area (Å²) in [5.41, 5.74) is 4.49. The molecule has 1 aliphatic rings. The molecule has 0 N–H and O–H groups in total. The summed E-state index contributed by atoms with van der Waals surface area (Å²) in [5, 5.41) is 0. The molecule has 0 bridgehead atoms. The van der Waals surface area contributed by atoms with E-state index in [-0.39, 0.29) is 17.8 Å². The first-order valence-corrected chi connectivity index (χ1v) is 11.0. The lowest BCUT2D eigenvalue weighted by atomic mass is 10.1. The second-order valence-electron chi connectivity index (χ2n) is 8.30. The van der Waals surface area contributed by atoms with Gasteiger partial charge < -0.3 is 9.47 Å². The van der Waals surface area contributed by atoms with Crippen molar-refractivity contribution in [2.45, 2.75) is 25.3 Å². The smallest absolute Gasteiger partial charge is 0.255 e. The predicted octanol–water partition coefficient (Wildman–Crippen LogP) is 4.58. The number of rotatable bonds is 5. The molecule has 33 heavy (non-hydrogen) atoms. The summed E-state index contributed by atoms with van der Waals surface area (Å²) < 4.78 is 15.9. The van der Waals surface area contributed by atoms with E-state index in [4.69, 9.17) is 4.98 Å². The molecule has 0 saturated carbocycles. The van der Waals surface area contributed by atoms with Gasteiger partial charge in [-0.05, 0) is 48.7 Å². The van der Waals surface area contributed by atoms with Gasteiger partial charge in [0.1, 0.15) is 5.82 Å². The maximum Gasteiger partial charge on any atom is 0.255 e. The highest BCUT2D eigenvalue weighted by Gasteiger charge is 2.32. The van der Waals surface area contributed by atoms with Crippen LogP contribution in [0.2, 0.25) is 0 Å². The van der Waals surface area contributed by atoms with Crippen molar-refractivity contribution in [1.82, 2.24) is 24.4 Å². The van der Waals surface area contributed by atoms with Crippen LogP contribution in [0.5, 0.6) is 0 Å². The van der Waals surface area contributed by atoms with E-state index in [1.807, 2.05) is 34.7 Å². The van der Waals surface area contributed by atoms with E-state index >= 15 is 0 Å². The average Bonchev–Trinajstić information content (AvgIpc) is 3.50. The Bertz CT molecular complexity index is 1280. The zero-order valence-corrected chi connectivity index (χ0v) is 18.4. The van der Waals surface area contributed by atoms with E-state index in [0.717, 1.165) is 35.6 Å². The van der Waals surface area contributed by atoms with Crippen LogP contribution in [0.3, 0.4) is 0 Å². The maximum atomic E-state index is 13.9.